The molecule has 0 aliphatic rings. The molecular weight excluding hydrogens is 190 g/mol. The Kier molecular flexibility index (Phi) is 2.38. The fourth-order valence-electron chi connectivity index (χ4n) is 1.42. The third kappa shape index (κ3) is 1.55. The highest BCUT2D eigenvalue weighted by Crippen LogP contribution is 2.23. The number of rotatable bonds is 2. The number of nitrogens with zero attached hydrogens (tertiary/aromatic N) is 3. The van der Waals surface area contributed by atoms with E-state index in [2.05, 4.69) is 11.1 Å². The summed E-state index contributed by atoms with van der Waals surface area (Å²) >= 11 is 0. The quantitative estimate of drug-likeness (QED) is 0.740. The molecule has 0 radical (unpaired) electrons. The summed E-state index contributed by atoms with van der Waals surface area (Å²) in [5, 5.41) is 9.07. The van der Waals surface area contributed by atoms with Gasteiger partial charge in [-0.3, -0.25) is 0 Å². The molecule has 0 saturated carbocycles. The van der Waals surface area contributed by atoms with Crippen molar-refractivity contribution in [1.29, 1.82) is 5.26 Å². The Labute approximate surface area is 87.4 Å². The summed E-state index contributed by atoms with van der Waals surface area (Å²) < 4.78 is 6.90. The molecule has 1 aromatic heterocycles. The van der Waals surface area contributed by atoms with Crippen molar-refractivity contribution in [1.82, 2.24) is 9.55 Å². The van der Waals surface area contributed by atoms with E-state index in [0.717, 1.165) is 5.69 Å². The number of hydrogen-bond acceptors (Lipinski definition) is 3. The van der Waals surface area contributed by atoms with Crippen molar-refractivity contribution in [3.05, 3.63) is 42.5 Å². The van der Waals surface area contributed by atoms with Crippen LogP contribution in [0.5, 0.6) is 5.75 Å². The van der Waals surface area contributed by atoms with Crippen molar-refractivity contribution in [3.63, 3.8) is 0 Å². The monoisotopic (exact) mass is 199 g/mol. The molecule has 0 aliphatic heterocycles. The zero-order valence-electron chi connectivity index (χ0n) is 8.21. The minimum atomic E-state index is 0.512. The number of ether oxygens (including phenoxy) is 1. The van der Waals surface area contributed by atoms with Gasteiger partial charge in [-0.05, 0) is 12.1 Å². The third-order valence-corrected chi connectivity index (χ3v) is 2.12. The first-order valence-corrected chi connectivity index (χ1v) is 4.42. The van der Waals surface area contributed by atoms with Crippen LogP contribution in [0.15, 0.2) is 36.9 Å². The lowest BCUT2D eigenvalue weighted by Gasteiger charge is -2.08. The van der Waals surface area contributed by atoms with Gasteiger partial charge in [0.2, 0.25) is 0 Å². The van der Waals surface area contributed by atoms with E-state index in [0.29, 0.717) is 11.3 Å². The Morgan fingerprint density at radius 3 is 2.93 bits per heavy atom. The molecule has 4 heteroatoms. The lowest BCUT2D eigenvalue weighted by Crippen LogP contribution is -1.97. The Hall–Kier alpha value is -2.28. The molecule has 0 spiro atoms. The number of imidazole rings is 1. The Balaban J connectivity index is 2.63. The molecule has 74 valence electrons. The fourth-order valence-corrected chi connectivity index (χ4v) is 1.42. The molecule has 0 aliphatic carbocycles. The largest absolute Gasteiger partial charge is 0.495 e. The molecular formula is C11H9N3O. The van der Waals surface area contributed by atoms with Gasteiger partial charge >= 0.3 is 0 Å². The van der Waals surface area contributed by atoms with Gasteiger partial charge in [-0.1, -0.05) is 6.07 Å². The average Bonchev–Trinajstić information content (AvgIpc) is 2.81. The zero-order chi connectivity index (χ0) is 10.7. The van der Waals surface area contributed by atoms with Crippen LogP contribution >= 0.6 is 0 Å². The van der Waals surface area contributed by atoms with E-state index in [9.17, 15) is 0 Å². The smallest absolute Gasteiger partial charge is 0.138 e. The van der Waals surface area contributed by atoms with Crippen molar-refractivity contribution >= 4 is 0 Å². The van der Waals surface area contributed by atoms with E-state index < -0.39 is 0 Å². The van der Waals surface area contributed by atoms with Crippen LogP contribution in [0.3, 0.4) is 0 Å². The molecule has 0 fully saturated rings. The normalized spacial score (nSPS) is 9.60. The number of methoxy groups -OCH3 is 1. The molecule has 1 heterocycles. The van der Waals surface area contributed by atoms with Crippen LogP contribution < -0.4 is 4.74 Å². The van der Waals surface area contributed by atoms with Gasteiger partial charge in [-0.15, -0.1) is 0 Å². The summed E-state index contributed by atoms with van der Waals surface area (Å²) in [4.78, 5) is 3.94. The van der Waals surface area contributed by atoms with Gasteiger partial charge in [0.05, 0.1) is 19.1 Å². The molecule has 4 nitrogen and oxygen atoms in total. The van der Waals surface area contributed by atoms with E-state index in [1.165, 1.54) is 0 Å². The van der Waals surface area contributed by atoms with E-state index in [-0.39, 0.29) is 0 Å². The molecule has 15 heavy (non-hydrogen) atoms. The Bertz CT molecular complexity index is 497. The van der Waals surface area contributed by atoms with Gasteiger partial charge in [-0.25, -0.2) is 4.98 Å². The van der Waals surface area contributed by atoms with Crippen LogP contribution in [-0.2, 0) is 0 Å². The number of benzene rings is 1. The first-order valence-electron chi connectivity index (χ1n) is 4.42. The second-order valence-electron chi connectivity index (χ2n) is 2.94. The van der Waals surface area contributed by atoms with Gasteiger partial charge in [0.25, 0.3) is 0 Å². The van der Waals surface area contributed by atoms with E-state index in [1.54, 1.807) is 36.5 Å². The van der Waals surface area contributed by atoms with E-state index in [4.69, 9.17) is 10.00 Å². The average molecular weight is 199 g/mol. The van der Waals surface area contributed by atoms with Crippen LogP contribution in [0.4, 0.5) is 0 Å². The Morgan fingerprint density at radius 1 is 1.47 bits per heavy atom. The Morgan fingerprint density at radius 2 is 2.33 bits per heavy atom. The third-order valence-electron chi connectivity index (χ3n) is 2.12. The maximum atomic E-state index is 9.07. The van der Waals surface area contributed by atoms with Gasteiger partial charge in [-0.2, -0.15) is 5.26 Å². The molecule has 0 amide bonds. The fraction of sp³-hybridized carbons (Fsp3) is 0.0909. The molecule has 0 saturated heterocycles. The predicted molar refractivity (Wildman–Crippen MR) is 54.8 cm³/mol. The second-order valence-corrected chi connectivity index (χ2v) is 2.94. The van der Waals surface area contributed by atoms with E-state index >= 15 is 0 Å². The standard InChI is InChI=1S/C11H9N3O/c1-15-11-4-2-3-10(9(11)7-12)14-6-5-13-8-14/h2-6,8H,1H3. The van der Waals surface area contributed by atoms with Crippen LogP contribution in [0.1, 0.15) is 5.56 Å². The highest BCUT2D eigenvalue weighted by Gasteiger charge is 2.08. The summed E-state index contributed by atoms with van der Waals surface area (Å²) in [6.45, 7) is 0. The molecule has 0 N–H and O–H groups in total. The van der Waals surface area contributed by atoms with Gasteiger partial charge < -0.3 is 9.30 Å². The minimum absolute atomic E-state index is 0.512. The summed E-state index contributed by atoms with van der Waals surface area (Å²) in [5.74, 6) is 0.573. The summed E-state index contributed by atoms with van der Waals surface area (Å²) in [7, 11) is 1.55. The highest BCUT2D eigenvalue weighted by molar-refractivity contribution is 5.56. The first kappa shape index (κ1) is 9.28. The summed E-state index contributed by atoms with van der Waals surface area (Å²) in [6, 6.07) is 7.58. The van der Waals surface area contributed by atoms with Crippen LogP contribution in [0.2, 0.25) is 0 Å². The van der Waals surface area contributed by atoms with E-state index in [1.807, 2.05) is 12.1 Å². The lowest BCUT2D eigenvalue weighted by atomic mass is 10.1. The minimum Gasteiger partial charge on any atom is -0.495 e. The van der Waals surface area contributed by atoms with Crippen molar-refractivity contribution < 1.29 is 4.74 Å². The number of hydrogen-bond donors (Lipinski definition) is 0. The first-order chi connectivity index (χ1) is 7.36. The second kappa shape index (κ2) is 3.84. The van der Waals surface area contributed by atoms with Crippen molar-refractivity contribution in [2.75, 3.05) is 7.11 Å². The highest BCUT2D eigenvalue weighted by atomic mass is 16.5. The lowest BCUT2D eigenvalue weighted by molar-refractivity contribution is 0.413. The van der Waals surface area contributed by atoms with Crippen molar-refractivity contribution in [3.8, 4) is 17.5 Å². The summed E-state index contributed by atoms with van der Waals surface area (Å²) in [5.41, 5.74) is 1.28. The van der Waals surface area contributed by atoms with Crippen molar-refractivity contribution in [2.45, 2.75) is 0 Å². The maximum absolute atomic E-state index is 9.07. The number of aromatic nitrogens is 2. The number of nitriles is 1. The maximum Gasteiger partial charge on any atom is 0.138 e. The van der Waals surface area contributed by atoms with Gasteiger partial charge in [0, 0.05) is 12.4 Å². The molecule has 0 unspecified atom stereocenters. The van der Waals surface area contributed by atoms with Crippen LogP contribution in [0.25, 0.3) is 5.69 Å². The molecule has 0 atom stereocenters. The van der Waals surface area contributed by atoms with Crippen molar-refractivity contribution in [2.24, 2.45) is 0 Å². The zero-order valence-corrected chi connectivity index (χ0v) is 8.21. The SMILES string of the molecule is COc1cccc(-n2ccnc2)c1C#N. The topological polar surface area (TPSA) is 50.8 Å². The molecule has 0 bridgehead atoms. The van der Waals surface area contributed by atoms with Crippen LogP contribution in [0, 0.1) is 11.3 Å². The van der Waals surface area contributed by atoms with Gasteiger partial charge in [0.15, 0.2) is 0 Å². The molecule has 2 rings (SSSR count). The summed E-state index contributed by atoms with van der Waals surface area (Å²) in [6.07, 6.45) is 5.10. The molecule has 2 aromatic rings. The predicted octanol–water partition coefficient (Wildman–Crippen LogP) is 1.75. The molecule has 1 aromatic carbocycles. The van der Waals surface area contributed by atoms with Gasteiger partial charge in [0.1, 0.15) is 17.4 Å². The van der Waals surface area contributed by atoms with Crippen LogP contribution in [-0.4, -0.2) is 16.7 Å².